The molecule has 0 radical (unpaired) electrons. The highest BCUT2D eigenvalue weighted by Gasteiger charge is 2.26. The lowest BCUT2D eigenvalue weighted by molar-refractivity contribution is 0.278. The zero-order valence-corrected chi connectivity index (χ0v) is 8.99. The maximum absolute atomic E-state index is 3.64. The monoisotopic (exact) mass is 195 g/mol. The summed E-state index contributed by atoms with van der Waals surface area (Å²) < 4.78 is 0. The topological polar surface area (TPSA) is 12.0 Å². The molecule has 72 valence electrons. The SMILES string of the molecule is CC1(Cc2cccs2)CCCCN1. The lowest BCUT2D eigenvalue weighted by atomic mass is 9.87. The van der Waals surface area contributed by atoms with Gasteiger partial charge in [-0.2, -0.15) is 0 Å². The van der Waals surface area contributed by atoms with Crippen LogP contribution in [0.2, 0.25) is 0 Å². The van der Waals surface area contributed by atoms with Crippen molar-refractivity contribution in [1.29, 1.82) is 0 Å². The zero-order valence-electron chi connectivity index (χ0n) is 8.18. The molecule has 0 bridgehead atoms. The fourth-order valence-electron chi connectivity index (χ4n) is 2.07. The van der Waals surface area contributed by atoms with Gasteiger partial charge in [0.1, 0.15) is 0 Å². The van der Waals surface area contributed by atoms with Gasteiger partial charge in [-0.3, -0.25) is 0 Å². The predicted octanol–water partition coefficient (Wildman–Crippen LogP) is 2.82. The Morgan fingerprint density at radius 2 is 2.46 bits per heavy atom. The van der Waals surface area contributed by atoms with E-state index in [-0.39, 0.29) is 0 Å². The Bertz CT molecular complexity index is 247. The molecule has 0 amide bonds. The Hall–Kier alpha value is -0.340. The molecule has 2 heterocycles. The number of thiophene rings is 1. The fraction of sp³-hybridized carbons (Fsp3) is 0.636. The van der Waals surface area contributed by atoms with Crippen molar-refractivity contribution in [1.82, 2.24) is 5.32 Å². The molecular formula is C11H17NS. The van der Waals surface area contributed by atoms with Crippen LogP contribution >= 0.6 is 11.3 Å². The van der Waals surface area contributed by atoms with Gasteiger partial charge >= 0.3 is 0 Å². The Kier molecular flexibility index (Phi) is 2.70. The Morgan fingerprint density at radius 3 is 3.08 bits per heavy atom. The van der Waals surface area contributed by atoms with Crippen molar-refractivity contribution in [3.8, 4) is 0 Å². The van der Waals surface area contributed by atoms with Crippen LogP contribution in [0, 0.1) is 0 Å². The molecule has 0 saturated carbocycles. The maximum atomic E-state index is 3.64. The van der Waals surface area contributed by atoms with Crippen molar-refractivity contribution in [2.75, 3.05) is 6.54 Å². The minimum Gasteiger partial charge on any atom is -0.311 e. The number of hydrogen-bond donors (Lipinski definition) is 1. The van der Waals surface area contributed by atoms with Crippen LogP contribution in [0.15, 0.2) is 17.5 Å². The van der Waals surface area contributed by atoms with E-state index in [0.29, 0.717) is 5.54 Å². The summed E-state index contributed by atoms with van der Waals surface area (Å²) in [6, 6.07) is 4.39. The van der Waals surface area contributed by atoms with Gasteiger partial charge in [-0.25, -0.2) is 0 Å². The Balaban J connectivity index is 1.99. The van der Waals surface area contributed by atoms with E-state index in [0.717, 1.165) is 0 Å². The van der Waals surface area contributed by atoms with Gasteiger partial charge in [0.15, 0.2) is 0 Å². The normalized spacial score (nSPS) is 29.0. The molecule has 1 atom stereocenters. The number of hydrogen-bond acceptors (Lipinski definition) is 2. The molecule has 2 rings (SSSR count). The van der Waals surface area contributed by atoms with Gasteiger partial charge in [0.2, 0.25) is 0 Å². The lowest BCUT2D eigenvalue weighted by Crippen LogP contribution is -2.47. The van der Waals surface area contributed by atoms with E-state index in [1.165, 1.54) is 37.1 Å². The van der Waals surface area contributed by atoms with Gasteiger partial charge < -0.3 is 5.32 Å². The smallest absolute Gasteiger partial charge is 0.0201 e. The van der Waals surface area contributed by atoms with Gasteiger partial charge in [-0.05, 0) is 44.2 Å². The Labute approximate surface area is 84.2 Å². The van der Waals surface area contributed by atoms with E-state index in [1.807, 2.05) is 11.3 Å². The lowest BCUT2D eigenvalue weighted by Gasteiger charge is -2.34. The van der Waals surface area contributed by atoms with Gasteiger partial charge in [0.05, 0.1) is 0 Å². The first-order valence-electron chi connectivity index (χ1n) is 5.06. The summed E-state index contributed by atoms with van der Waals surface area (Å²) in [6.07, 6.45) is 5.25. The van der Waals surface area contributed by atoms with E-state index in [2.05, 4.69) is 29.8 Å². The van der Waals surface area contributed by atoms with Gasteiger partial charge in [-0.1, -0.05) is 12.5 Å². The zero-order chi connectivity index (χ0) is 9.15. The van der Waals surface area contributed by atoms with Crippen molar-refractivity contribution in [3.63, 3.8) is 0 Å². The van der Waals surface area contributed by atoms with Crippen LogP contribution in [0.3, 0.4) is 0 Å². The minimum atomic E-state index is 0.364. The minimum absolute atomic E-state index is 0.364. The summed E-state index contributed by atoms with van der Waals surface area (Å²) in [6.45, 7) is 3.55. The third kappa shape index (κ3) is 2.32. The molecule has 0 aliphatic carbocycles. The van der Waals surface area contributed by atoms with Crippen LogP contribution in [0.25, 0.3) is 0 Å². The summed E-state index contributed by atoms with van der Waals surface area (Å²) in [5, 5.41) is 5.81. The molecule has 1 unspecified atom stereocenters. The average molecular weight is 195 g/mol. The van der Waals surface area contributed by atoms with Crippen molar-refractivity contribution >= 4 is 11.3 Å². The first-order valence-corrected chi connectivity index (χ1v) is 5.94. The molecule has 1 saturated heterocycles. The molecule has 0 aromatic carbocycles. The molecule has 0 spiro atoms. The number of rotatable bonds is 2. The highest BCUT2D eigenvalue weighted by molar-refractivity contribution is 7.09. The summed E-state index contributed by atoms with van der Waals surface area (Å²) in [7, 11) is 0. The molecule has 1 aromatic rings. The third-order valence-corrected chi connectivity index (χ3v) is 3.73. The van der Waals surface area contributed by atoms with Crippen LogP contribution < -0.4 is 5.32 Å². The molecule has 1 N–H and O–H groups in total. The summed E-state index contributed by atoms with van der Waals surface area (Å²) in [5.74, 6) is 0. The molecule has 1 aliphatic heterocycles. The fourth-order valence-corrected chi connectivity index (χ4v) is 2.96. The second-order valence-electron chi connectivity index (χ2n) is 4.20. The van der Waals surface area contributed by atoms with E-state index in [1.54, 1.807) is 0 Å². The quantitative estimate of drug-likeness (QED) is 0.765. The van der Waals surface area contributed by atoms with E-state index in [9.17, 15) is 0 Å². The molecular weight excluding hydrogens is 178 g/mol. The first kappa shape index (κ1) is 9.22. The van der Waals surface area contributed by atoms with Gasteiger partial charge in [0, 0.05) is 10.4 Å². The van der Waals surface area contributed by atoms with Crippen LogP contribution in [0.4, 0.5) is 0 Å². The van der Waals surface area contributed by atoms with E-state index < -0.39 is 0 Å². The van der Waals surface area contributed by atoms with Crippen molar-refractivity contribution in [3.05, 3.63) is 22.4 Å². The summed E-state index contributed by atoms with van der Waals surface area (Å²) in [5.41, 5.74) is 0.364. The maximum Gasteiger partial charge on any atom is 0.0201 e. The van der Waals surface area contributed by atoms with E-state index in [4.69, 9.17) is 0 Å². The average Bonchev–Trinajstić information content (AvgIpc) is 2.57. The third-order valence-electron chi connectivity index (χ3n) is 2.85. The predicted molar refractivity (Wildman–Crippen MR) is 58.3 cm³/mol. The summed E-state index contributed by atoms with van der Waals surface area (Å²) in [4.78, 5) is 1.51. The van der Waals surface area contributed by atoms with Gasteiger partial charge in [-0.15, -0.1) is 11.3 Å². The number of nitrogens with one attached hydrogen (secondary N) is 1. The van der Waals surface area contributed by atoms with Crippen LogP contribution in [0.5, 0.6) is 0 Å². The second kappa shape index (κ2) is 3.81. The van der Waals surface area contributed by atoms with Crippen LogP contribution in [-0.2, 0) is 6.42 Å². The molecule has 1 fully saturated rings. The highest BCUT2D eigenvalue weighted by atomic mass is 32.1. The first-order chi connectivity index (χ1) is 6.29. The number of piperidine rings is 1. The molecule has 2 heteroatoms. The van der Waals surface area contributed by atoms with Crippen molar-refractivity contribution in [2.45, 2.75) is 38.1 Å². The molecule has 1 aliphatic rings. The highest BCUT2D eigenvalue weighted by Crippen LogP contribution is 2.25. The van der Waals surface area contributed by atoms with Crippen LogP contribution in [-0.4, -0.2) is 12.1 Å². The van der Waals surface area contributed by atoms with Crippen LogP contribution in [0.1, 0.15) is 31.1 Å². The molecule has 13 heavy (non-hydrogen) atoms. The largest absolute Gasteiger partial charge is 0.311 e. The molecule has 1 aromatic heterocycles. The second-order valence-corrected chi connectivity index (χ2v) is 5.23. The van der Waals surface area contributed by atoms with E-state index >= 15 is 0 Å². The van der Waals surface area contributed by atoms with Crippen molar-refractivity contribution < 1.29 is 0 Å². The van der Waals surface area contributed by atoms with Gasteiger partial charge in [0.25, 0.3) is 0 Å². The summed E-state index contributed by atoms with van der Waals surface area (Å²) >= 11 is 1.88. The van der Waals surface area contributed by atoms with Crippen molar-refractivity contribution in [2.24, 2.45) is 0 Å². The Morgan fingerprint density at radius 1 is 1.54 bits per heavy atom. The molecule has 1 nitrogen and oxygen atoms in total. The standard InChI is InChI=1S/C11H17NS/c1-11(6-2-3-7-12-11)9-10-5-4-8-13-10/h4-5,8,12H,2-3,6-7,9H2,1H3.